The van der Waals surface area contributed by atoms with E-state index in [0.717, 1.165) is 44.7 Å². The number of anilines is 2. The standard InChI is InChI=1S/C61H86N6O12.ClH/c1-37(2)30-48-58(72)76-42(10)55(69)64(12)51(33-40(7)8)61(75)79-53(35-44-24-26-45(27-25-44)36-67-29-28-62-46-22-18-19-23-47(46)67)57(71)66(14)49(31-38(3)4)59(73)77-41(9)54(68)63(11)50(32-39(5)6)60(74)78-52(56(70)65(48)13)34-43-20-16-15-17-21-43;/h15-27,37-42,48-53,62H,28-36H2,1-14H3;1H/t41-,42-,48+,49+,50+,51+,52-,53-;/m1./s1. The van der Waals surface area contributed by atoms with Crippen molar-refractivity contribution in [1.29, 1.82) is 0 Å². The minimum atomic E-state index is -1.52. The van der Waals surface area contributed by atoms with Gasteiger partial charge in [-0.05, 0) is 92.0 Å². The van der Waals surface area contributed by atoms with Gasteiger partial charge in [0.2, 0.25) is 0 Å². The molecule has 0 unspecified atom stereocenters. The predicted octanol–water partition coefficient (Wildman–Crippen LogP) is 7.52. The number of esters is 4. The number of halogens is 1. The molecule has 1 N–H and O–H groups in total. The first-order chi connectivity index (χ1) is 37.3. The summed E-state index contributed by atoms with van der Waals surface area (Å²) < 4.78 is 24.1. The van der Waals surface area contributed by atoms with E-state index < -0.39 is 96.1 Å². The van der Waals surface area contributed by atoms with Gasteiger partial charge in [-0.1, -0.05) is 122 Å². The number of ether oxygens (including phenoxy) is 4. The highest BCUT2D eigenvalue weighted by atomic mass is 35.5. The van der Waals surface area contributed by atoms with Crippen LogP contribution in [0.2, 0.25) is 0 Å². The molecule has 0 aromatic heterocycles. The molecule has 0 bridgehead atoms. The molecule has 3 aromatic carbocycles. The number of likely N-dealkylation sites (N-methyl/N-ethyl adjacent to an activating group) is 4. The molecular weight excluding hydrogens is 1040 g/mol. The molecule has 0 spiro atoms. The first kappa shape index (κ1) is 65.8. The van der Waals surface area contributed by atoms with Gasteiger partial charge >= 0.3 is 23.9 Å². The number of hydrogen-bond donors (Lipinski definition) is 1. The molecule has 1 fully saturated rings. The van der Waals surface area contributed by atoms with Crippen LogP contribution in [0.4, 0.5) is 11.4 Å². The lowest BCUT2D eigenvalue weighted by Crippen LogP contribution is -2.55. The van der Waals surface area contributed by atoms with E-state index in [-0.39, 0.29) is 74.6 Å². The lowest BCUT2D eigenvalue weighted by atomic mass is 9.99. The number of cyclic esters (lactones) is 4. The summed E-state index contributed by atoms with van der Waals surface area (Å²) in [4.78, 5) is 124. The van der Waals surface area contributed by atoms with Crippen LogP contribution >= 0.6 is 12.4 Å². The number of carbonyl (C=O) groups is 8. The maximum absolute atomic E-state index is 15.1. The van der Waals surface area contributed by atoms with Crippen LogP contribution in [0.15, 0.2) is 78.9 Å². The number of para-hydroxylation sites is 2. The summed E-state index contributed by atoms with van der Waals surface area (Å²) >= 11 is 0. The van der Waals surface area contributed by atoms with E-state index in [1.165, 1.54) is 46.9 Å². The van der Waals surface area contributed by atoms with Crippen molar-refractivity contribution in [2.24, 2.45) is 23.7 Å². The zero-order valence-corrected chi connectivity index (χ0v) is 50.2. The lowest BCUT2D eigenvalue weighted by Gasteiger charge is -2.35. The molecule has 19 heteroatoms. The third-order valence-electron chi connectivity index (χ3n) is 14.5. The SMILES string of the molecule is CC(C)C[C@H]1C(=O)O[C@H](Cc2ccc(CN3CCNc4ccccc43)cc2)C(=O)N(C)[C@@H](CC(C)C)C(=O)O[C@H](C)C(=O)N(C)[C@@H](CC(C)C)C(=O)O[C@H](Cc2ccccc2)C(=O)N(C)[C@@H](CC(C)C)C(=O)O[C@H](C)C(=O)N1C.Cl. The maximum Gasteiger partial charge on any atom is 0.329 e. The Bertz CT molecular complexity index is 2560. The van der Waals surface area contributed by atoms with Crippen molar-refractivity contribution >= 4 is 71.3 Å². The van der Waals surface area contributed by atoms with E-state index in [1.54, 1.807) is 30.3 Å². The van der Waals surface area contributed by atoms with Crippen LogP contribution in [-0.2, 0) is 76.7 Å². The second kappa shape index (κ2) is 30.2. The summed E-state index contributed by atoms with van der Waals surface area (Å²) in [5.41, 5.74) is 4.43. The molecule has 5 rings (SSSR count). The van der Waals surface area contributed by atoms with Crippen LogP contribution < -0.4 is 10.2 Å². The predicted molar refractivity (Wildman–Crippen MR) is 308 cm³/mol. The Balaban J connectivity index is 0.0000138. The molecule has 0 radical (unpaired) electrons. The third kappa shape index (κ3) is 17.9. The second-order valence-corrected chi connectivity index (χ2v) is 23.0. The first-order valence-electron chi connectivity index (χ1n) is 27.9. The fourth-order valence-corrected chi connectivity index (χ4v) is 10.0. The van der Waals surface area contributed by atoms with E-state index in [1.807, 2.05) is 97.9 Å². The summed E-state index contributed by atoms with van der Waals surface area (Å²) in [5.74, 6) is -7.23. The van der Waals surface area contributed by atoms with E-state index in [9.17, 15) is 33.6 Å². The molecule has 2 aliphatic rings. The fraction of sp³-hybridized carbons (Fsp3) is 0.574. The highest BCUT2D eigenvalue weighted by Gasteiger charge is 2.43. The normalized spacial score (nSPS) is 23.8. The highest BCUT2D eigenvalue weighted by molar-refractivity contribution is 5.94. The Morgan fingerprint density at radius 2 is 0.787 bits per heavy atom. The summed E-state index contributed by atoms with van der Waals surface area (Å²) in [6.45, 7) is 19.8. The van der Waals surface area contributed by atoms with Crippen LogP contribution in [0.25, 0.3) is 0 Å². The van der Waals surface area contributed by atoms with Crippen LogP contribution in [0.5, 0.6) is 0 Å². The van der Waals surface area contributed by atoms with Gasteiger partial charge in [-0.25, -0.2) is 19.2 Å². The van der Waals surface area contributed by atoms with Gasteiger partial charge in [0.15, 0.2) is 24.4 Å². The molecule has 440 valence electrons. The smallest absolute Gasteiger partial charge is 0.329 e. The number of hydrogen-bond acceptors (Lipinski definition) is 14. The van der Waals surface area contributed by atoms with Crippen molar-refractivity contribution in [3.8, 4) is 0 Å². The van der Waals surface area contributed by atoms with Crippen molar-refractivity contribution in [1.82, 2.24) is 19.6 Å². The minimum Gasteiger partial charge on any atom is -0.451 e. The van der Waals surface area contributed by atoms with Crippen molar-refractivity contribution in [2.75, 3.05) is 51.5 Å². The summed E-state index contributed by atoms with van der Waals surface area (Å²) in [7, 11) is 5.61. The zero-order valence-electron chi connectivity index (χ0n) is 49.3. The Labute approximate surface area is 479 Å². The van der Waals surface area contributed by atoms with Crippen molar-refractivity contribution in [3.05, 3.63) is 95.6 Å². The Morgan fingerprint density at radius 1 is 0.450 bits per heavy atom. The van der Waals surface area contributed by atoms with Gasteiger partial charge in [0.1, 0.15) is 24.2 Å². The molecule has 4 amide bonds. The topological polar surface area (TPSA) is 202 Å². The third-order valence-corrected chi connectivity index (χ3v) is 14.5. The first-order valence-corrected chi connectivity index (χ1v) is 27.9. The van der Waals surface area contributed by atoms with E-state index >= 15 is 4.79 Å². The van der Waals surface area contributed by atoms with Gasteiger partial charge in [-0.3, -0.25) is 19.2 Å². The summed E-state index contributed by atoms with van der Waals surface area (Å²) in [6.07, 6.45) is -5.74. The molecule has 2 aliphatic heterocycles. The number of carbonyl (C=O) groups excluding carboxylic acids is 8. The Morgan fingerprint density at radius 3 is 1.19 bits per heavy atom. The molecule has 0 saturated carbocycles. The van der Waals surface area contributed by atoms with Gasteiger partial charge in [-0.2, -0.15) is 0 Å². The van der Waals surface area contributed by atoms with Gasteiger partial charge in [0.25, 0.3) is 23.6 Å². The van der Waals surface area contributed by atoms with Crippen molar-refractivity contribution < 1.29 is 57.3 Å². The quantitative estimate of drug-likeness (QED) is 0.123. The average molecular weight is 1130 g/mol. The van der Waals surface area contributed by atoms with Crippen LogP contribution in [-0.4, -0.2) is 157 Å². The molecule has 3 aromatic rings. The maximum atomic E-state index is 15.1. The number of benzene rings is 3. The number of amides is 4. The van der Waals surface area contributed by atoms with Gasteiger partial charge < -0.3 is 48.8 Å². The van der Waals surface area contributed by atoms with Crippen LogP contribution in [0, 0.1) is 23.7 Å². The van der Waals surface area contributed by atoms with E-state index in [2.05, 4.69) is 16.3 Å². The number of nitrogens with zero attached hydrogens (tertiary/aromatic N) is 5. The number of rotatable bonds is 14. The number of fused-ring (bicyclic) bond motifs is 1. The molecule has 2 heterocycles. The summed E-state index contributed by atoms with van der Waals surface area (Å²) in [5, 5.41) is 3.44. The Hall–Kier alpha value is -6.69. The zero-order chi connectivity index (χ0) is 58.4. The summed E-state index contributed by atoms with van der Waals surface area (Å²) in [6, 6.07) is 19.5. The van der Waals surface area contributed by atoms with E-state index in [4.69, 9.17) is 18.9 Å². The Kier molecular flexibility index (Phi) is 24.9. The molecule has 1 saturated heterocycles. The molecule has 0 aliphatic carbocycles. The fourth-order valence-electron chi connectivity index (χ4n) is 10.0. The largest absolute Gasteiger partial charge is 0.451 e. The average Bonchev–Trinajstić information content (AvgIpc) is 3.40. The van der Waals surface area contributed by atoms with E-state index in [0.29, 0.717) is 17.7 Å². The molecular formula is C61H87ClN6O12. The highest BCUT2D eigenvalue weighted by Crippen LogP contribution is 2.30. The second-order valence-electron chi connectivity index (χ2n) is 23.0. The number of nitrogens with one attached hydrogen (secondary N) is 1. The molecule has 80 heavy (non-hydrogen) atoms. The van der Waals surface area contributed by atoms with Crippen LogP contribution in [0.3, 0.4) is 0 Å². The van der Waals surface area contributed by atoms with Gasteiger partial charge in [0.05, 0.1) is 11.4 Å². The molecule has 18 nitrogen and oxygen atoms in total. The van der Waals surface area contributed by atoms with Gasteiger partial charge in [0, 0.05) is 60.7 Å². The van der Waals surface area contributed by atoms with Gasteiger partial charge in [-0.15, -0.1) is 12.4 Å². The monoisotopic (exact) mass is 1130 g/mol. The lowest BCUT2D eigenvalue weighted by molar-refractivity contribution is -0.176. The van der Waals surface area contributed by atoms with Crippen molar-refractivity contribution in [3.63, 3.8) is 0 Å². The molecule has 8 atom stereocenters. The van der Waals surface area contributed by atoms with Crippen LogP contribution in [0.1, 0.15) is 112 Å². The van der Waals surface area contributed by atoms with Crippen molar-refractivity contribution in [2.45, 2.75) is 163 Å². The minimum absolute atomic E-state index is 0.